The summed E-state index contributed by atoms with van der Waals surface area (Å²) in [6.07, 6.45) is 13.6. The Morgan fingerprint density at radius 1 is 1.00 bits per heavy atom. The van der Waals surface area contributed by atoms with Gasteiger partial charge in [0, 0.05) is 0 Å². The lowest BCUT2D eigenvalue weighted by molar-refractivity contribution is -0.142. The van der Waals surface area contributed by atoms with E-state index in [4.69, 9.17) is 10.8 Å². The van der Waals surface area contributed by atoms with Crippen LogP contribution in [-0.2, 0) is 4.79 Å². The van der Waals surface area contributed by atoms with Gasteiger partial charge in [-0.2, -0.15) is 0 Å². The maximum absolute atomic E-state index is 10.6. The number of rotatable bonds is 2. The second-order valence-electron chi connectivity index (χ2n) is 6.50. The van der Waals surface area contributed by atoms with Gasteiger partial charge in [0.15, 0.2) is 0 Å². The van der Waals surface area contributed by atoms with Crippen LogP contribution in [0.4, 0.5) is 0 Å². The minimum absolute atomic E-state index is 0.0741. The minimum atomic E-state index is -0.614. The van der Waals surface area contributed by atoms with Crippen molar-refractivity contribution in [2.24, 2.45) is 41.2 Å². The Balaban J connectivity index is 0.000000117. The summed E-state index contributed by atoms with van der Waals surface area (Å²) in [5.41, 5.74) is 5.59. The number of allylic oxidation sites excluding steroid dienone is 4. The third-order valence-electron chi connectivity index (χ3n) is 5.32. The van der Waals surface area contributed by atoms with E-state index in [9.17, 15) is 4.79 Å². The maximum Gasteiger partial charge on any atom is 0.307 e. The molecule has 4 bridgehead atoms. The highest BCUT2D eigenvalue weighted by Gasteiger charge is 2.39. The van der Waals surface area contributed by atoms with E-state index >= 15 is 0 Å². The van der Waals surface area contributed by atoms with E-state index in [1.165, 1.54) is 12.8 Å². The molecule has 3 heteroatoms. The van der Waals surface area contributed by atoms with E-state index in [0.29, 0.717) is 11.8 Å². The molecular formula is C16H23NO2. The van der Waals surface area contributed by atoms with Crippen LogP contribution in [0.5, 0.6) is 0 Å². The number of aliphatic carboxylic acids is 1. The van der Waals surface area contributed by atoms with Crippen LogP contribution < -0.4 is 5.73 Å². The lowest BCUT2D eigenvalue weighted by Crippen LogP contribution is -2.17. The molecule has 6 atom stereocenters. The summed E-state index contributed by atoms with van der Waals surface area (Å²) in [6, 6.07) is 0. The zero-order chi connectivity index (χ0) is 13.4. The normalized spacial score (nSPS) is 44.5. The number of fused-ring (bicyclic) bond motifs is 4. The van der Waals surface area contributed by atoms with Crippen molar-refractivity contribution in [3.8, 4) is 0 Å². The largest absolute Gasteiger partial charge is 0.481 e. The van der Waals surface area contributed by atoms with Crippen LogP contribution in [0.15, 0.2) is 24.3 Å². The number of carboxylic acids is 1. The smallest absolute Gasteiger partial charge is 0.307 e. The van der Waals surface area contributed by atoms with Gasteiger partial charge >= 0.3 is 5.97 Å². The van der Waals surface area contributed by atoms with Crippen LogP contribution in [0.3, 0.4) is 0 Å². The molecule has 0 spiro atoms. The second kappa shape index (κ2) is 5.12. The van der Waals surface area contributed by atoms with Crippen LogP contribution in [0, 0.1) is 35.5 Å². The van der Waals surface area contributed by atoms with Gasteiger partial charge in [0.05, 0.1) is 5.92 Å². The van der Waals surface area contributed by atoms with E-state index < -0.39 is 5.97 Å². The van der Waals surface area contributed by atoms with E-state index in [1.807, 2.05) is 0 Å². The van der Waals surface area contributed by atoms with Crippen molar-refractivity contribution in [3.05, 3.63) is 24.3 Å². The summed E-state index contributed by atoms with van der Waals surface area (Å²) < 4.78 is 0. The summed E-state index contributed by atoms with van der Waals surface area (Å²) in [5.74, 6) is 2.80. The maximum atomic E-state index is 10.6. The fourth-order valence-corrected chi connectivity index (χ4v) is 4.23. The molecule has 2 saturated carbocycles. The second-order valence-corrected chi connectivity index (χ2v) is 6.50. The third-order valence-corrected chi connectivity index (χ3v) is 5.32. The fourth-order valence-electron chi connectivity index (χ4n) is 4.23. The number of carbonyl (C=O) groups is 1. The first kappa shape index (κ1) is 12.9. The molecule has 4 aliphatic carbocycles. The number of hydrogen-bond donors (Lipinski definition) is 2. The molecule has 0 saturated heterocycles. The molecule has 19 heavy (non-hydrogen) atoms. The molecule has 0 radical (unpaired) electrons. The minimum Gasteiger partial charge on any atom is -0.481 e. The van der Waals surface area contributed by atoms with Gasteiger partial charge in [0.2, 0.25) is 0 Å². The first-order chi connectivity index (χ1) is 9.17. The molecule has 2 fully saturated rings. The summed E-state index contributed by atoms with van der Waals surface area (Å²) in [4.78, 5) is 10.6. The molecule has 3 N–H and O–H groups in total. The van der Waals surface area contributed by atoms with E-state index in [2.05, 4.69) is 24.3 Å². The van der Waals surface area contributed by atoms with Crippen LogP contribution in [-0.4, -0.2) is 17.6 Å². The van der Waals surface area contributed by atoms with Crippen LogP contribution in [0.2, 0.25) is 0 Å². The molecule has 0 amide bonds. The van der Waals surface area contributed by atoms with Gasteiger partial charge in [-0.1, -0.05) is 24.3 Å². The highest BCUT2D eigenvalue weighted by Crippen LogP contribution is 2.43. The van der Waals surface area contributed by atoms with Gasteiger partial charge < -0.3 is 10.8 Å². The van der Waals surface area contributed by atoms with Gasteiger partial charge in [-0.15, -0.1) is 0 Å². The molecule has 0 aliphatic heterocycles. The van der Waals surface area contributed by atoms with Crippen molar-refractivity contribution in [1.82, 2.24) is 0 Å². The molecule has 104 valence electrons. The molecular weight excluding hydrogens is 238 g/mol. The quantitative estimate of drug-likeness (QED) is 0.750. The Hall–Kier alpha value is -1.09. The van der Waals surface area contributed by atoms with Crippen molar-refractivity contribution in [3.63, 3.8) is 0 Å². The SMILES string of the molecule is NC[C@H]1CC2C=CC1C2.O=C(O)C1CC2C=CC1C2. The van der Waals surface area contributed by atoms with Crippen molar-refractivity contribution in [1.29, 1.82) is 0 Å². The lowest BCUT2D eigenvalue weighted by Gasteiger charge is -2.14. The Morgan fingerprint density at radius 2 is 1.63 bits per heavy atom. The summed E-state index contributed by atoms with van der Waals surface area (Å²) in [5, 5.41) is 8.70. The number of hydrogen-bond acceptors (Lipinski definition) is 2. The summed E-state index contributed by atoms with van der Waals surface area (Å²) >= 11 is 0. The Morgan fingerprint density at radius 3 is 1.89 bits per heavy atom. The Bertz CT molecular complexity index is 415. The lowest BCUT2D eigenvalue weighted by atomic mass is 9.94. The van der Waals surface area contributed by atoms with Crippen LogP contribution >= 0.6 is 0 Å². The summed E-state index contributed by atoms with van der Waals surface area (Å²) in [7, 11) is 0. The standard InChI is InChI=1S/C8H13N.C8H10O2/c9-5-8-4-6-1-2-7(8)3-6;9-8(10)7-4-5-1-2-6(7)3-5/h1-2,6-8H,3-5,9H2;1-2,5-7H,3-4H2,(H,9,10)/t6?,7?,8-;/m1./s1. The monoisotopic (exact) mass is 261 g/mol. The van der Waals surface area contributed by atoms with E-state index in [0.717, 1.165) is 37.1 Å². The molecule has 3 nitrogen and oxygen atoms in total. The fraction of sp³-hybridized carbons (Fsp3) is 0.688. The predicted octanol–water partition coefficient (Wildman–Crippen LogP) is 2.44. The Kier molecular flexibility index (Phi) is 3.48. The molecule has 5 unspecified atom stereocenters. The van der Waals surface area contributed by atoms with Gasteiger partial charge in [-0.05, 0) is 61.8 Å². The third kappa shape index (κ3) is 2.48. The first-order valence-corrected chi connectivity index (χ1v) is 7.47. The zero-order valence-electron chi connectivity index (χ0n) is 11.2. The molecule has 4 aliphatic rings. The molecule has 0 aromatic heterocycles. The van der Waals surface area contributed by atoms with Crippen LogP contribution in [0.25, 0.3) is 0 Å². The van der Waals surface area contributed by atoms with E-state index in [1.54, 1.807) is 0 Å². The topological polar surface area (TPSA) is 63.3 Å². The van der Waals surface area contributed by atoms with Gasteiger partial charge in [0.25, 0.3) is 0 Å². The molecule has 0 aromatic rings. The zero-order valence-corrected chi connectivity index (χ0v) is 11.2. The predicted molar refractivity (Wildman–Crippen MR) is 74.4 cm³/mol. The molecule has 0 aromatic carbocycles. The molecule has 4 rings (SSSR count). The first-order valence-electron chi connectivity index (χ1n) is 7.47. The average Bonchev–Trinajstić information content (AvgIpc) is 3.18. The van der Waals surface area contributed by atoms with Crippen molar-refractivity contribution >= 4 is 5.97 Å². The van der Waals surface area contributed by atoms with Crippen molar-refractivity contribution in [2.75, 3.05) is 6.54 Å². The highest BCUT2D eigenvalue weighted by atomic mass is 16.4. The van der Waals surface area contributed by atoms with Gasteiger partial charge in [0.1, 0.15) is 0 Å². The Labute approximate surface area is 114 Å². The number of carboxylic acid groups (broad SMARTS) is 1. The summed E-state index contributed by atoms with van der Waals surface area (Å²) in [6.45, 7) is 0.894. The average molecular weight is 261 g/mol. The van der Waals surface area contributed by atoms with Crippen molar-refractivity contribution in [2.45, 2.75) is 25.7 Å². The van der Waals surface area contributed by atoms with Crippen molar-refractivity contribution < 1.29 is 9.90 Å². The highest BCUT2D eigenvalue weighted by molar-refractivity contribution is 5.71. The number of nitrogens with two attached hydrogens (primary N) is 1. The van der Waals surface area contributed by atoms with Gasteiger partial charge in [-0.25, -0.2) is 0 Å². The van der Waals surface area contributed by atoms with E-state index in [-0.39, 0.29) is 5.92 Å². The van der Waals surface area contributed by atoms with Crippen LogP contribution in [0.1, 0.15) is 25.7 Å². The molecule has 0 heterocycles. The van der Waals surface area contributed by atoms with Gasteiger partial charge in [-0.3, -0.25) is 4.79 Å².